The molecule has 0 saturated carbocycles. The lowest BCUT2D eigenvalue weighted by atomic mass is 10.0. The van der Waals surface area contributed by atoms with Crippen LogP contribution >= 0.6 is 8.19 Å². The van der Waals surface area contributed by atoms with Crippen LogP contribution in [-0.2, 0) is 0 Å². The number of hydrogen-bond donors (Lipinski definition) is 0. The average molecular weight is 314 g/mol. The van der Waals surface area contributed by atoms with Crippen molar-refractivity contribution in [2.75, 3.05) is 0 Å². The zero-order valence-corrected chi connectivity index (χ0v) is 13.5. The third-order valence-corrected chi connectivity index (χ3v) is 5.21. The van der Waals surface area contributed by atoms with Gasteiger partial charge in [0, 0.05) is 23.0 Å². The molecule has 0 N–H and O–H groups in total. The number of pyridine rings is 2. The molecule has 0 fully saturated rings. The molecule has 23 heavy (non-hydrogen) atoms. The molecule has 0 aliphatic rings. The van der Waals surface area contributed by atoms with Gasteiger partial charge in [-0.25, -0.2) is 0 Å². The Balaban J connectivity index is 1.91. The molecule has 3 heterocycles. The maximum atomic E-state index is 4.56. The van der Waals surface area contributed by atoms with Crippen molar-refractivity contribution in [3.63, 3.8) is 0 Å². The molecule has 0 bridgehead atoms. The van der Waals surface area contributed by atoms with Gasteiger partial charge in [-0.15, -0.1) is 8.19 Å². The Morgan fingerprint density at radius 2 is 1.30 bits per heavy atom. The predicted octanol–water partition coefficient (Wildman–Crippen LogP) is 5.51. The van der Waals surface area contributed by atoms with Crippen LogP contribution in [0.25, 0.3) is 33.1 Å². The molecule has 4 rings (SSSR count). The third-order valence-electron chi connectivity index (χ3n) is 3.76. The van der Waals surface area contributed by atoms with E-state index >= 15 is 0 Å². The molecule has 2 nitrogen and oxygen atoms in total. The molecule has 3 heteroatoms. The largest absolute Gasteiger partial charge is 0.256 e. The van der Waals surface area contributed by atoms with Crippen molar-refractivity contribution in [3.8, 4) is 33.1 Å². The number of hydrogen-bond acceptors (Lipinski definition) is 2. The molecule has 0 aliphatic heterocycles. The lowest BCUT2D eigenvalue weighted by molar-refractivity contribution is 1.34. The van der Waals surface area contributed by atoms with Crippen LogP contribution in [0.2, 0.25) is 0 Å². The second kappa shape index (κ2) is 6.20. The summed E-state index contributed by atoms with van der Waals surface area (Å²) in [5.41, 5.74) is 4.58. The van der Waals surface area contributed by atoms with Crippen LogP contribution in [0.3, 0.4) is 0 Å². The van der Waals surface area contributed by atoms with Crippen molar-refractivity contribution in [1.29, 1.82) is 0 Å². The third kappa shape index (κ3) is 2.81. The summed E-state index contributed by atoms with van der Waals surface area (Å²) in [7, 11) is 0.567. The van der Waals surface area contributed by atoms with Crippen molar-refractivity contribution in [2.24, 2.45) is 0 Å². The maximum Gasteiger partial charge on any atom is 0.0745 e. The van der Waals surface area contributed by atoms with Gasteiger partial charge in [-0.1, -0.05) is 42.5 Å². The average Bonchev–Trinajstić information content (AvgIpc) is 3.09. The van der Waals surface area contributed by atoms with Gasteiger partial charge in [-0.05, 0) is 41.5 Å². The van der Waals surface area contributed by atoms with E-state index in [2.05, 4.69) is 52.4 Å². The Kier molecular flexibility index (Phi) is 3.75. The van der Waals surface area contributed by atoms with Crippen LogP contribution < -0.4 is 0 Å². The molecule has 1 aromatic carbocycles. The van der Waals surface area contributed by atoms with Crippen LogP contribution in [0.4, 0.5) is 0 Å². The van der Waals surface area contributed by atoms with E-state index in [1.807, 2.05) is 42.7 Å². The summed E-state index contributed by atoms with van der Waals surface area (Å²) in [6.07, 6.45) is 3.70. The van der Waals surface area contributed by atoms with E-state index in [0.717, 1.165) is 11.4 Å². The van der Waals surface area contributed by atoms with E-state index in [1.54, 1.807) is 0 Å². The lowest BCUT2D eigenvalue weighted by Gasteiger charge is -2.03. The molecular weight excluding hydrogens is 299 g/mol. The molecule has 3 aromatic heterocycles. The monoisotopic (exact) mass is 314 g/mol. The summed E-state index contributed by atoms with van der Waals surface area (Å²) in [4.78, 5) is 9.07. The highest BCUT2D eigenvalue weighted by molar-refractivity contribution is 7.38. The Bertz CT molecular complexity index is 843. The second-order valence-electron chi connectivity index (χ2n) is 5.27. The number of aromatic nitrogens is 2. The molecule has 1 unspecified atom stereocenters. The van der Waals surface area contributed by atoms with Gasteiger partial charge in [0.2, 0.25) is 0 Å². The first-order valence-electron chi connectivity index (χ1n) is 7.53. The Labute approximate surface area is 137 Å². The molecule has 0 radical (unpaired) electrons. The van der Waals surface area contributed by atoms with Crippen molar-refractivity contribution in [2.45, 2.75) is 0 Å². The van der Waals surface area contributed by atoms with Gasteiger partial charge in [0.05, 0.1) is 11.4 Å². The molecule has 0 aliphatic carbocycles. The van der Waals surface area contributed by atoms with Crippen LogP contribution in [0.5, 0.6) is 0 Å². The van der Waals surface area contributed by atoms with Crippen molar-refractivity contribution >= 4 is 8.19 Å². The fourth-order valence-electron chi connectivity index (χ4n) is 2.67. The first-order chi connectivity index (χ1) is 11.4. The highest BCUT2D eigenvalue weighted by atomic mass is 31.0. The van der Waals surface area contributed by atoms with Crippen LogP contribution in [-0.4, -0.2) is 9.97 Å². The van der Waals surface area contributed by atoms with Gasteiger partial charge in [-0.2, -0.15) is 0 Å². The Morgan fingerprint density at radius 1 is 0.652 bits per heavy atom. The first-order valence-corrected chi connectivity index (χ1v) is 8.53. The van der Waals surface area contributed by atoms with Crippen molar-refractivity contribution < 1.29 is 0 Å². The maximum absolute atomic E-state index is 4.56. The smallest absolute Gasteiger partial charge is 0.0745 e. The summed E-state index contributed by atoms with van der Waals surface area (Å²) < 4.78 is 0. The van der Waals surface area contributed by atoms with E-state index in [9.17, 15) is 0 Å². The minimum Gasteiger partial charge on any atom is -0.256 e. The fourth-order valence-corrected chi connectivity index (χ4v) is 4.06. The molecule has 1 atom stereocenters. The van der Waals surface area contributed by atoms with Crippen LogP contribution in [0.15, 0.2) is 85.2 Å². The number of nitrogens with zero attached hydrogens (tertiary/aromatic N) is 2. The van der Waals surface area contributed by atoms with E-state index < -0.39 is 0 Å². The SMILES string of the molecule is c1ccc(-c2cc(-c3ccccn3)[pH]c2-c2ccccn2)cc1. The molecular formula is C20H15N2P. The molecule has 110 valence electrons. The second-order valence-corrected chi connectivity index (χ2v) is 6.56. The van der Waals surface area contributed by atoms with E-state index in [4.69, 9.17) is 0 Å². The van der Waals surface area contributed by atoms with Crippen LogP contribution in [0, 0.1) is 0 Å². The van der Waals surface area contributed by atoms with Crippen molar-refractivity contribution in [3.05, 3.63) is 85.2 Å². The molecule has 4 aromatic rings. The summed E-state index contributed by atoms with van der Waals surface area (Å²) >= 11 is 0. The Morgan fingerprint density at radius 3 is 1.96 bits per heavy atom. The minimum absolute atomic E-state index is 0.567. The molecule has 0 spiro atoms. The highest BCUT2D eigenvalue weighted by Crippen LogP contribution is 2.45. The van der Waals surface area contributed by atoms with Gasteiger partial charge in [-0.3, -0.25) is 9.97 Å². The topological polar surface area (TPSA) is 25.8 Å². The normalized spacial score (nSPS) is 11.0. The van der Waals surface area contributed by atoms with E-state index in [1.165, 1.54) is 21.7 Å². The predicted molar refractivity (Wildman–Crippen MR) is 97.8 cm³/mol. The van der Waals surface area contributed by atoms with E-state index in [0.29, 0.717) is 8.19 Å². The zero-order chi connectivity index (χ0) is 15.5. The summed E-state index contributed by atoms with van der Waals surface area (Å²) in [5, 5.41) is 2.56. The lowest BCUT2D eigenvalue weighted by Crippen LogP contribution is -1.81. The number of benzene rings is 1. The quantitative estimate of drug-likeness (QED) is 0.498. The van der Waals surface area contributed by atoms with Gasteiger partial charge in [0.15, 0.2) is 0 Å². The standard InChI is InChI=1S/C20H15N2P/c1-2-8-15(9-3-1)16-14-19(17-10-4-6-12-21-17)23-20(16)18-11-5-7-13-22-18/h1-14,23H. The van der Waals surface area contributed by atoms with Crippen LogP contribution in [0.1, 0.15) is 0 Å². The zero-order valence-electron chi connectivity index (χ0n) is 12.5. The van der Waals surface area contributed by atoms with Gasteiger partial charge in [0.1, 0.15) is 0 Å². The molecule has 0 saturated heterocycles. The highest BCUT2D eigenvalue weighted by Gasteiger charge is 2.13. The molecule has 0 amide bonds. The summed E-state index contributed by atoms with van der Waals surface area (Å²) in [6, 6.07) is 24.9. The fraction of sp³-hybridized carbons (Fsp3) is 0. The van der Waals surface area contributed by atoms with Gasteiger partial charge < -0.3 is 0 Å². The van der Waals surface area contributed by atoms with Crippen molar-refractivity contribution in [1.82, 2.24) is 9.97 Å². The van der Waals surface area contributed by atoms with E-state index in [-0.39, 0.29) is 0 Å². The first kappa shape index (κ1) is 13.9. The Hall–Kier alpha value is -2.70. The summed E-state index contributed by atoms with van der Waals surface area (Å²) in [6.45, 7) is 0. The van der Waals surface area contributed by atoms with Gasteiger partial charge >= 0.3 is 0 Å². The van der Waals surface area contributed by atoms with Gasteiger partial charge in [0.25, 0.3) is 0 Å². The minimum atomic E-state index is 0.567. The number of rotatable bonds is 3. The summed E-state index contributed by atoms with van der Waals surface area (Å²) in [5.74, 6) is 0.